The molecule has 1 heterocycles. The summed E-state index contributed by atoms with van der Waals surface area (Å²) >= 11 is 0. The molecule has 2 fully saturated rings. The van der Waals surface area contributed by atoms with Gasteiger partial charge in [-0.3, -0.25) is 9.59 Å². The summed E-state index contributed by atoms with van der Waals surface area (Å²) in [6, 6.07) is -0.316. The van der Waals surface area contributed by atoms with Crippen molar-refractivity contribution in [3.05, 3.63) is 0 Å². The predicted octanol–water partition coefficient (Wildman–Crippen LogP) is 1.55. The Kier molecular flexibility index (Phi) is 3.64. The average Bonchev–Trinajstić information content (AvgIpc) is 2.31. The zero-order valence-electron chi connectivity index (χ0n) is 11.7. The number of nitrogens with one attached hydrogen (secondary N) is 1. The molecule has 1 aliphatic heterocycles. The quantitative estimate of drug-likeness (QED) is 0.769. The van der Waals surface area contributed by atoms with Crippen molar-refractivity contribution in [3.8, 4) is 0 Å². The molecule has 0 spiro atoms. The van der Waals surface area contributed by atoms with Gasteiger partial charge in [-0.25, -0.2) is 0 Å². The highest BCUT2D eigenvalue weighted by molar-refractivity contribution is 5.89. The number of amides is 2. The molecule has 2 amide bonds. The first-order valence-corrected chi connectivity index (χ1v) is 7.02. The van der Waals surface area contributed by atoms with E-state index in [1.54, 1.807) is 4.90 Å². The lowest BCUT2D eigenvalue weighted by Crippen LogP contribution is -2.58. The maximum Gasteiger partial charge on any atom is 0.242 e. The van der Waals surface area contributed by atoms with Crippen molar-refractivity contribution in [2.75, 3.05) is 13.1 Å². The first-order valence-electron chi connectivity index (χ1n) is 7.02. The Morgan fingerprint density at radius 2 is 2.11 bits per heavy atom. The second kappa shape index (κ2) is 4.90. The summed E-state index contributed by atoms with van der Waals surface area (Å²) in [6.45, 7) is 7.43. The minimum absolute atomic E-state index is 0.0248. The molecule has 1 N–H and O–H groups in total. The van der Waals surface area contributed by atoms with E-state index in [4.69, 9.17) is 0 Å². The van der Waals surface area contributed by atoms with Gasteiger partial charge in [0.2, 0.25) is 11.8 Å². The van der Waals surface area contributed by atoms with Gasteiger partial charge in [0.15, 0.2) is 0 Å². The van der Waals surface area contributed by atoms with Crippen molar-refractivity contribution in [2.24, 2.45) is 11.3 Å². The van der Waals surface area contributed by atoms with E-state index in [2.05, 4.69) is 19.2 Å². The molecule has 0 aromatic heterocycles. The third-order valence-electron chi connectivity index (χ3n) is 4.59. The van der Waals surface area contributed by atoms with Gasteiger partial charge in [-0.2, -0.15) is 0 Å². The highest BCUT2D eigenvalue weighted by atomic mass is 16.2. The van der Waals surface area contributed by atoms with E-state index < -0.39 is 0 Å². The van der Waals surface area contributed by atoms with E-state index in [1.807, 2.05) is 6.92 Å². The number of rotatable bonds is 1. The van der Waals surface area contributed by atoms with Gasteiger partial charge in [0.25, 0.3) is 0 Å². The van der Waals surface area contributed by atoms with Crippen LogP contribution in [-0.4, -0.2) is 35.8 Å². The summed E-state index contributed by atoms with van der Waals surface area (Å²) in [5, 5.41) is 2.81. The summed E-state index contributed by atoms with van der Waals surface area (Å²) in [4.78, 5) is 26.1. The van der Waals surface area contributed by atoms with Crippen LogP contribution in [0, 0.1) is 11.3 Å². The third-order valence-corrected chi connectivity index (χ3v) is 4.59. The van der Waals surface area contributed by atoms with Crippen LogP contribution in [0.5, 0.6) is 0 Å². The van der Waals surface area contributed by atoms with Crippen LogP contribution in [0.3, 0.4) is 0 Å². The van der Waals surface area contributed by atoms with Gasteiger partial charge in [0.05, 0.1) is 0 Å². The van der Waals surface area contributed by atoms with Gasteiger partial charge < -0.3 is 10.2 Å². The summed E-state index contributed by atoms with van der Waals surface area (Å²) in [5.41, 5.74) is 0.0724. The first-order chi connectivity index (χ1) is 8.43. The monoisotopic (exact) mass is 252 g/mol. The van der Waals surface area contributed by atoms with Gasteiger partial charge >= 0.3 is 0 Å². The summed E-state index contributed by atoms with van der Waals surface area (Å²) in [6.07, 6.45) is 4.43. The lowest BCUT2D eigenvalue weighted by molar-refractivity contribution is -0.149. The van der Waals surface area contributed by atoms with Gasteiger partial charge in [0.1, 0.15) is 6.04 Å². The molecule has 102 valence electrons. The topological polar surface area (TPSA) is 49.4 Å². The van der Waals surface area contributed by atoms with Crippen LogP contribution in [-0.2, 0) is 9.59 Å². The lowest BCUT2D eigenvalue weighted by atomic mass is 9.68. The van der Waals surface area contributed by atoms with Crippen molar-refractivity contribution >= 4 is 11.8 Å². The van der Waals surface area contributed by atoms with Crippen LogP contribution in [0.4, 0.5) is 0 Å². The Bertz CT molecular complexity index is 352. The van der Waals surface area contributed by atoms with Gasteiger partial charge in [-0.05, 0) is 25.2 Å². The highest BCUT2D eigenvalue weighted by Crippen LogP contribution is 2.41. The van der Waals surface area contributed by atoms with E-state index >= 15 is 0 Å². The zero-order chi connectivity index (χ0) is 13.3. The molecule has 18 heavy (non-hydrogen) atoms. The Morgan fingerprint density at radius 3 is 2.78 bits per heavy atom. The molecule has 2 atom stereocenters. The molecule has 0 aromatic carbocycles. The molecule has 0 bridgehead atoms. The fourth-order valence-electron chi connectivity index (χ4n) is 3.24. The second-order valence-corrected chi connectivity index (χ2v) is 6.29. The Morgan fingerprint density at radius 1 is 1.39 bits per heavy atom. The van der Waals surface area contributed by atoms with Crippen molar-refractivity contribution in [3.63, 3.8) is 0 Å². The van der Waals surface area contributed by atoms with E-state index in [9.17, 15) is 9.59 Å². The van der Waals surface area contributed by atoms with Crippen molar-refractivity contribution < 1.29 is 9.59 Å². The Balaban J connectivity index is 2.12. The van der Waals surface area contributed by atoms with Gasteiger partial charge in [-0.15, -0.1) is 0 Å². The minimum Gasteiger partial charge on any atom is -0.353 e. The standard InChI is InChI=1S/C14H24N2O2/c1-10-12(17)15-8-9-16(10)13(18)11-6-4-5-7-14(11,2)3/h10-11H,4-9H2,1-3H3,(H,15,17). The van der Waals surface area contributed by atoms with Crippen LogP contribution >= 0.6 is 0 Å². The van der Waals surface area contributed by atoms with Crippen LogP contribution in [0.15, 0.2) is 0 Å². The normalized spacial score (nSPS) is 31.9. The molecule has 4 heteroatoms. The SMILES string of the molecule is CC1C(=O)NCCN1C(=O)C1CCCCC1(C)C. The van der Waals surface area contributed by atoms with E-state index in [0.29, 0.717) is 13.1 Å². The fourth-order valence-corrected chi connectivity index (χ4v) is 3.24. The molecule has 1 saturated heterocycles. The molecule has 4 nitrogen and oxygen atoms in total. The number of hydrogen-bond acceptors (Lipinski definition) is 2. The number of carbonyl (C=O) groups is 2. The molecule has 1 aliphatic carbocycles. The lowest BCUT2D eigenvalue weighted by Gasteiger charge is -2.42. The van der Waals surface area contributed by atoms with Crippen molar-refractivity contribution in [1.29, 1.82) is 0 Å². The van der Waals surface area contributed by atoms with Crippen LogP contribution in [0.2, 0.25) is 0 Å². The number of carbonyl (C=O) groups excluding carboxylic acids is 2. The minimum atomic E-state index is -0.316. The van der Waals surface area contributed by atoms with E-state index in [-0.39, 0.29) is 29.2 Å². The predicted molar refractivity (Wildman–Crippen MR) is 69.9 cm³/mol. The number of nitrogens with zero attached hydrogens (tertiary/aromatic N) is 1. The molecular formula is C14H24N2O2. The molecule has 2 unspecified atom stereocenters. The fraction of sp³-hybridized carbons (Fsp3) is 0.857. The number of piperazine rings is 1. The smallest absolute Gasteiger partial charge is 0.242 e. The zero-order valence-corrected chi connectivity index (χ0v) is 11.7. The highest BCUT2D eigenvalue weighted by Gasteiger charge is 2.41. The van der Waals surface area contributed by atoms with Gasteiger partial charge in [0, 0.05) is 19.0 Å². The van der Waals surface area contributed by atoms with Gasteiger partial charge in [-0.1, -0.05) is 26.7 Å². The first kappa shape index (κ1) is 13.4. The maximum absolute atomic E-state index is 12.7. The van der Waals surface area contributed by atoms with Crippen molar-refractivity contribution in [2.45, 2.75) is 52.5 Å². The van der Waals surface area contributed by atoms with Crippen molar-refractivity contribution in [1.82, 2.24) is 10.2 Å². The third kappa shape index (κ3) is 2.38. The molecule has 0 radical (unpaired) electrons. The summed E-state index contributed by atoms with van der Waals surface area (Å²) in [5.74, 6) is 0.241. The second-order valence-electron chi connectivity index (χ2n) is 6.29. The molecule has 2 rings (SSSR count). The molecule has 2 aliphatic rings. The van der Waals surface area contributed by atoms with E-state index in [1.165, 1.54) is 6.42 Å². The largest absolute Gasteiger partial charge is 0.353 e. The van der Waals surface area contributed by atoms with Crippen LogP contribution < -0.4 is 5.32 Å². The van der Waals surface area contributed by atoms with Crippen LogP contribution in [0.1, 0.15) is 46.5 Å². The molecule has 1 saturated carbocycles. The number of hydrogen-bond donors (Lipinski definition) is 1. The summed E-state index contributed by atoms with van der Waals surface area (Å²) < 4.78 is 0. The van der Waals surface area contributed by atoms with E-state index in [0.717, 1.165) is 19.3 Å². The molecule has 0 aromatic rings. The Labute approximate surface area is 109 Å². The molecular weight excluding hydrogens is 228 g/mol. The maximum atomic E-state index is 12.7. The Hall–Kier alpha value is -1.06. The van der Waals surface area contributed by atoms with Crippen LogP contribution in [0.25, 0.3) is 0 Å². The average molecular weight is 252 g/mol. The summed E-state index contributed by atoms with van der Waals surface area (Å²) in [7, 11) is 0.